The van der Waals surface area contributed by atoms with E-state index in [0.717, 1.165) is 16.7 Å². The molecule has 0 aliphatic carbocycles. The molecule has 0 saturated heterocycles. The van der Waals surface area contributed by atoms with Gasteiger partial charge in [0.05, 0.1) is 18.1 Å². The van der Waals surface area contributed by atoms with Crippen molar-refractivity contribution < 1.29 is 22.3 Å². The van der Waals surface area contributed by atoms with Crippen molar-refractivity contribution in [3.8, 4) is 5.75 Å². The Morgan fingerprint density at radius 3 is 2.39 bits per heavy atom. The van der Waals surface area contributed by atoms with E-state index in [0.29, 0.717) is 24.0 Å². The van der Waals surface area contributed by atoms with E-state index in [1.54, 1.807) is 24.3 Å². The van der Waals surface area contributed by atoms with E-state index in [1.165, 1.54) is 28.6 Å². The van der Waals surface area contributed by atoms with Gasteiger partial charge in [-0.25, -0.2) is 12.8 Å². The first-order valence-corrected chi connectivity index (χ1v) is 11.6. The van der Waals surface area contributed by atoms with Gasteiger partial charge in [-0.1, -0.05) is 29.8 Å². The average molecular weight is 462 g/mol. The van der Waals surface area contributed by atoms with E-state index in [2.05, 4.69) is 0 Å². The summed E-state index contributed by atoms with van der Waals surface area (Å²) in [5, 5.41) is 0.480. The van der Waals surface area contributed by atoms with Crippen LogP contribution >= 0.6 is 11.6 Å². The first-order valence-electron chi connectivity index (χ1n) is 9.74. The summed E-state index contributed by atoms with van der Waals surface area (Å²) in [5.74, 6) is 0.378. The van der Waals surface area contributed by atoms with Crippen LogP contribution < -0.4 is 4.74 Å². The Morgan fingerprint density at radius 1 is 0.968 bits per heavy atom. The normalized spacial score (nSPS) is 14.5. The second-order valence-electron chi connectivity index (χ2n) is 7.20. The molecule has 0 amide bonds. The van der Waals surface area contributed by atoms with E-state index in [-0.39, 0.29) is 30.4 Å². The molecule has 1 aliphatic heterocycles. The minimum Gasteiger partial charge on any atom is -0.492 e. The van der Waals surface area contributed by atoms with Gasteiger partial charge in [0.1, 0.15) is 18.2 Å². The van der Waals surface area contributed by atoms with Crippen molar-refractivity contribution in [2.75, 3.05) is 13.2 Å². The Morgan fingerprint density at radius 2 is 1.65 bits per heavy atom. The highest BCUT2D eigenvalue weighted by atomic mass is 35.5. The van der Waals surface area contributed by atoms with Crippen LogP contribution in [0.4, 0.5) is 4.39 Å². The maximum Gasteiger partial charge on any atom is 0.243 e. The van der Waals surface area contributed by atoms with Gasteiger partial charge in [0.2, 0.25) is 10.0 Å². The zero-order chi connectivity index (χ0) is 21.8. The Labute approximate surface area is 186 Å². The van der Waals surface area contributed by atoms with Crippen molar-refractivity contribution in [3.63, 3.8) is 0 Å². The molecule has 0 N–H and O–H groups in total. The number of hydrogen-bond donors (Lipinski definition) is 0. The lowest BCUT2D eigenvalue weighted by Gasteiger charge is -2.19. The smallest absolute Gasteiger partial charge is 0.243 e. The molecule has 5 nitrogen and oxygen atoms in total. The molecule has 0 unspecified atom stereocenters. The Kier molecular flexibility index (Phi) is 6.57. The third-order valence-electron chi connectivity index (χ3n) is 4.97. The first kappa shape index (κ1) is 21.8. The van der Waals surface area contributed by atoms with Crippen molar-refractivity contribution in [2.45, 2.75) is 24.7 Å². The Hall–Kier alpha value is -2.45. The summed E-state index contributed by atoms with van der Waals surface area (Å²) in [4.78, 5) is 0.194. The predicted octanol–water partition coefficient (Wildman–Crippen LogP) is 4.78. The molecule has 0 aromatic heterocycles. The Bertz CT molecular complexity index is 1150. The number of halogens is 2. The summed E-state index contributed by atoms with van der Waals surface area (Å²) < 4.78 is 52.1. The molecule has 4 rings (SSSR count). The minimum absolute atomic E-state index is 0.194. The summed E-state index contributed by atoms with van der Waals surface area (Å²) in [7, 11) is -3.68. The molecule has 8 heteroatoms. The fourth-order valence-corrected chi connectivity index (χ4v) is 4.87. The standard InChI is InChI=1S/C23H21ClFNO4S/c24-20-4-8-22(9-5-20)31(27,28)26-11-12-30-23-10-3-18(13-19(23)14-26)16-29-15-17-1-6-21(25)7-2-17/h1-10,13H,11-12,14-16H2. The quantitative estimate of drug-likeness (QED) is 0.530. The molecule has 0 atom stereocenters. The fourth-order valence-electron chi connectivity index (χ4n) is 3.34. The van der Waals surface area contributed by atoms with Gasteiger partial charge in [0.15, 0.2) is 0 Å². The highest BCUT2D eigenvalue weighted by molar-refractivity contribution is 7.89. The van der Waals surface area contributed by atoms with Crippen LogP contribution in [-0.2, 0) is 34.5 Å². The van der Waals surface area contributed by atoms with Crippen molar-refractivity contribution in [1.29, 1.82) is 0 Å². The summed E-state index contributed by atoms with van der Waals surface area (Å²) in [5.41, 5.74) is 2.55. The number of fused-ring (bicyclic) bond motifs is 1. The van der Waals surface area contributed by atoms with Crippen LogP contribution in [0.15, 0.2) is 71.6 Å². The van der Waals surface area contributed by atoms with Gasteiger partial charge in [0, 0.05) is 23.7 Å². The third-order valence-corrected chi connectivity index (χ3v) is 7.08. The van der Waals surface area contributed by atoms with E-state index in [9.17, 15) is 12.8 Å². The SMILES string of the molecule is O=S(=O)(c1ccc(Cl)cc1)N1CCOc2ccc(COCc3ccc(F)cc3)cc2C1. The summed E-state index contributed by atoms with van der Waals surface area (Å²) in [6, 6.07) is 17.9. The number of hydrogen-bond acceptors (Lipinski definition) is 4. The molecular formula is C23H21ClFNO4S. The number of benzene rings is 3. The monoisotopic (exact) mass is 461 g/mol. The van der Waals surface area contributed by atoms with Crippen LogP contribution in [0.1, 0.15) is 16.7 Å². The van der Waals surface area contributed by atoms with Crippen LogP contribution in [-0.4, -0.2) is 25.9 Å². The fraction of sp³-hybridized carbons (Fsp3) is 0.217. The first-order chi connectivity index (χ1) is 14.9. The van der Waals surface area contributed by atoms with Gasteiger partial charge in [-0.15, -0.1) is 0 Å². The van der Waals surface area contributed by atoms with Crippen LogP contribution in [0.5, 0.6) is 5.75 Å². The van der Waals surface area contributed by atoms with Crippen molar-refractivity contribution >= 4 is 21.6 Å². The Balaban J connectivity index is 1.47. The maximum absolute atomic E-state index is 13.1. The zero-order valence-electron chi connectivity index (χ0n) is 16.6. The molecule has 0 saturated carbocycles. The molecular weight excluding hydrogens is 441 g/mol. The van der Waals surface area contributed by atoms with Gasteiger partial charge < -0.3 is 9.47 Å². The molecule has 0 fully saturated rings. The van der Waals surface area contributed by atoms with Crippen molar-refractivity contribution in [1.82, 2.24) is 4.31 Å². The van der Waals surface area contributed by atoms with Gasteiger partial charge in [-0.2, -0.15) is 4.31 Å². The van der Waals surface area contributed by atoms with Crippen LogP contribution in [0.2, 0.25) is 5.02 Å². The second-order valence-corrected chi connectivity index (χ2v) is 9.58. The van der Waals surface area contributed by atoms with Crippen molar-refractivity contribution in [3.05, 3.63) is 94.3 Å². The van der Waals surface area contributed by atoms with Gasteiger partial charge in [-0.05, 0) is 59.7 Å². The number of nitrogens with zero attached hydrogens (tertiary/aromatic N) is 1. The van der Waals surface area contributed by atoms with Gasteiger partial charge in [0.25, 0.3) is 0 Å². The molecule has 1 aliphatic rings. The third kappa shape index (κ3) is 5.25. The molecule has 1 heterocycles. The van der Waals surface area contributed by atoms with E-state index in [4.69, 9.17) is 21.1 Å². The summed E-state index contributed by atoms with van der Waals surface area (Å²) in [6.07, 6.45) is 0. The average Bonchev–Trinajstić information content (AvgIpc) is 2.98. The van der Waals surface area contributed by atoms with Crippen LogP contribution in [0.3, 0.4) is 0 Å². The van der Waals surface area contributed by atoms with Gasteiger partial charge in [-0.3, -0.25) is 0 Å². The zero-order valence-corrected chi connectivity index (χ0v) is 18.2. The molecule has 3 aromatic rings. The van der Waals surface area contributed by atoms with Crippen molar-refractivity contribution in [2.24, 2.45) is 0 Å². The summed E-state index contributed by atoms with van der Waals surface area (Å²) >= 11 is 5.89. The topological polar surface area (TPSA) is 55.8 Å². The van der Waals surface area contributed by atoms with Gasteiger partial charge >= 0.3 is 0 Å². The van der Waals surface area contributed by atoms with E-state index < -0.39 is 10.0 Å². The van der Waals surface area contributed by atoms with Crippen LogP contribution in [0.25, 0.3) is 0 Å². The van der Waals surface area contributed by atoms with E-state index in [1.807, 2.05) is 18.2 Å². The summed E-state index contributed by atoms with van der Waals surface area (Å²) in [6.45, 7) is 1.40. The molecule has 0 spiro atoms. The lowest BCUT2D eigenvalue weighted by Crippen LogP contribution is -2.32. The largest absolute Gasteiger partial charge is 0.492 e. The highest BCUT2D eigenvalue weighted by Crippen LogP contribution is 2.28. The minimum atomic E-state index is -3.68. The number of ether oxygens (including phenoxy) is 2. The second kappa shape index (κ2) is 9.36. The lowest BCUT2D eigenvalue weighted by molar-refractivity contribution is 0.107. The lowest BCUT2D eigenvalue weighted by atomic mass is 10.1. The predicted molar refractivity (Wildman–Crippen MR) is 116 cm³/mol. The number of rotatable bonds is 6. The van der Waals surface area contributed by atoms with E-state index >= 15 is 0 Å². The molecule has 0 radical (unpaired) electrons. The molecule has 31 heavy (non-hydrogen) atoms. The molecule has 3 aromatic carbocycles. The van der Waals surface area contributed by atoms with Crippen LogP contribution in [0, 0.1) is 5.82 Å². The molecule has 162 valence electrons. The highest BCUT2D eigenvalue weighted by Gasteiger charge is 2.27. The number of sulfonamides is 1. The maximum atomic E-state index is 13.1. The molecule has 0 bridgehead atoms.